The van der Waals surface area contributed by atoms with Crippen molar-refractivity contribution in [2.75, 3.05) is 13.1 Å². The van der Waals surface area contributed by atoms with E-state index in [1.807, 2.05) is 48.5 Å². The summed E-state index contributed by atoms with van der Waals surface area (Å²) in [6, 6.07) is 18.7. The fourth-order valence-electron chi connectivity index (χ4n) is 2.54. The van der Waals surface area contributed by atoms with E-state index in [-0.39, 0.29) is 18.2 Å². The van der Waals surface area contributed by atoms with Crippen molar-refractivity contribution < 1.29 is 14.0 Å². The molecule has 1 heterocycles. The SMILES string of the molecule is O=C(CCc1ncc(-c2ccccc2)o1)NCCNC(=O)c1ccccc1. The van der Waals surface area contributed by atoms with E-state index in [4.69, 9.17) is 4.42 Å². The van der Waals surface area contributed by atoms with Crippen molar-refractivity contribution in [3.8, 4) is 11.3 Å². The normalized spacial score (nSPS) is 10.4. The van der Waals surface area contributed by atoms with Crippen molar-refractivity contribution in [2.24, 2.45) is 0 Å². The van der Waals surface area contributed by atoms with E-state index in [1.165, 1.54) is 0 Å². The first kappa shape index (κ1) is 18.4. The summed E-state index contributed by atoms with van der Waals surface area (Å²) < 4.78 is 5.68. The Bertz CT molecular complexity index is 876. The van der Waals surface area contributed by atoms with Gasteiger partial charge in [0, 0.05) is 37.1 Å². The summed E-state index contributed by atoms with van der Waals surface area (Å²) in [7, 11) is 0. The number of nitrogens with one attached hydrogen (secondary N) is 2. The summed E-state index contributed by atoms with van der Waals surface area (Å²) in [4.78, 5) is 28.0. The van der Waals surface area contributed by atoms with Gasteiger partial charge in [-0.25, -0.2) is 4.98 Å². The molecule has 27 heavy (non-hydrogen) atoms. The van der Waals surface area contributed by atoms with E-state index in [0.717, 1.165) is 5.56 Å². The third kappa shape index (κ3) is 5.54. The van der Waals surface area contributed by atoms with Gasteiger partial charge in [-0.15, -0.1) is 0 Å². The zero-order chi connectivity index (χ0) is 18.9. The van der Waals surface area contributed by atoms with E-state index < -0.39 is 0 Å². The Balaban J connectivity index is 1.35. The highest BCUT2D eigenvalue weighted by Crippen LogP contribution is 2.20. The second-order valence-electron chi connectivity index (χ2n) is 5.96. The highest BCUT2D eigenvalue weighted by atomic mass is 16.4. The molecule has 3 rings (SSSR count). The van der Waals surface area contributed by atoms with Gasteiger partial charge in [0.2, 0.25) is 5.91 Å². The van der Waals surface area contributed by atoms with Crippen molar-refractivity contribution >= 4 is 11.8 Å². The van der Waals surface area contributed by atoms with Crippen molar-refractivity contribution in [3.63, 3.8) is 0 Å². The van der Waals surface area contributed by atoms with Gasteiger partial charge in [-0.1, -0.05) is 48.5 Å². The monoisotopic (exact) mass is 363 g/mol. The lowest BCUT2D eigenvalue weighted by Gasteiger charge is -2.06. The maximum atomic E-state index is 11.9. The molecule has 1 aromatic heterocycles. The lowest BCUT2D eigenvalue weighted by Crippen LogP contribution is -2.34. The molecule has 0 radical (unpaired) electrons. The topological polar surface area (TPSA) is 84.2 Å². The first-order valence-corrected chi connectivity index (χ1v) is 8.82. The van der Waals surface area contributed by atoms with Crippen LogP contribution in [0, 0.1) is 0 Å². The van der Waals surface area contributed by atoms with Gasteiger partial charge in [0.25, 0.3) is 5.91 Å². The fraction of sp³-hybridized carbons (Fsp3) is 0.190. The molecule has 0 atom stereocenters. The number of carbonyl (C=O) groups is 2. The van der Waals surface area contributed by atoms with E-state index in [9.17, 15) is 9.59 Å². The average Bonchev–Trinajstić information content (AvgIpc) is 3.20. The van der Waals surface area contributed by atoms with Crippen molar-refractivity contribution in [1.29, 1.82) is 0 Å². The van der Waals surface area contributed by atoms with Crippen LogP contribution in [0.5, 0.6) is 0 Å². The molecule has 0 saturated carbocycles. The third-order valence-corrected chi connectivity index (χ3v) is 3.95. The van der Waals surface area contributed by atoms with Gasteiger partial charge in [0.15, 0.2) is 11.7 Å². The van der Waals surface area contributed by atoms with Crippen LogP contribution in [-0.2, 0) is 11.2 Å². The Hall–Kier alpha value is -3.41. The molecule has 2 N–H and O–H groups in total. The number of benzene rings is 2. The molecule has 0 unspecified atom stereocenters. The van der Waals surface area contributed by atoms with Gasteiger partial charge in [-0.05, 0) is 12.1 Å². The molecule has 6 heteroatoms. The minimum absolute atomic E-state index is 0.108. The Kier molecular flexibility index (Phi) is 6.35. The fourth-order valence-corrected chi connectivity index (χ4v) is 2.54. The van der Waals surface area contributed by atoms with Gasteiger partial charge in [-0.3, -0.25) is 9.59 Å². The summed E-state index contributed by atoms with van der Waals surface area (Å²) in [5.74, 6) is 0.956. The van der Waals surface area contributed by atoms with E-state index in [2.05, 4.69) is 15.6 Å². The number of hydrogen-bond donors (Lipinski definition) is 2. The van der Waals surface area contributed by atoms with Crippen LogP contribution in [-0.4, -0.2) is 29.9 Å². The lowest BCUT2D eigenvalue weighted by atomic mass is 10.2. The molecule has 2 aromatic carbocycles. The number of hydrogen-bond acceptors (Lipinski definition) is 4. The van der Waals surface area contributed by atoms with Gasteiger partial charge < -0.3 is 15.1 Å². The molecular formula is C21H21N3O3. The molecular weight excluding hydrogens is 342 g/mol. The number of carbonyl (C=O) groups excluding carboxylic acids is 2. The number of amides is 2. The molecule has 0 saturated heterocycles. The first-order valence-electron chi connectivity index (χ1n) is 8.82. The number of aryl methyl sites for hydroxylation is 1. The molecule has 0 aliphatic carbocycles. The summed E-state index contributed by atoms with van der Waals surface area (Å²) in [6.07, 6.45) is 2.37. The molecule has 0 bridgehead atoms. The second kappa shape index (κ2) is 9.33. The van der Waals surface area contributed by atoms with Crippen LogP contribution in [0.15, 0.2) is 71.3 Å². The standard InChI is InChI=1S/C21H21N3O3/c25-19(22-13-14-23-21(26)17-9-5-2-6-10-17)11-12-20-24-15-18(27-20)16-7-3-1-4-8-16/h1-10,15H,11-14H2,(H,22,25)(H,23,26). The van der Waals surface area contributed by atoms with Crippen LogP contribution in [0.4, 0.5) is 0 Å². The maximum Gasteiger partial charge on any atom is 0.251 e. The largest absolute Gasteiger partial charge is 0.441 e. The Morgan fingerprint density at radius 1 is 0.889 bits per heavy atom. The number of oxazole rings is 1. The van der Waals surface area contributed by atoms with Crippen LogP contribution in [0.2, 0.25) is 0 Å². The number of rotatable bonds is 8. The summed E-state index contributed by atoms with van der Waals surface area (Å²) in [5, 5.41) is 5.54. The molecule has 0 aliphatic heterocycles. The molecule has 0 aliphatic rings. The highest BCUT2D eigenvalue weighted by molar-refractivity contribution is 5.94. The van der Waals surface area contributed by atoms with Crippen LogP contribution >= 0.6 is 0 Å². The predicted octanol–water partition coefficient (Wildman–Crippen LogP) is 2.82. The van der Waals surface area contributed by atoms with E-state index >= 15 is 0 Å². The summed E-state index contributed by atoms with van der Waals surface area (Å²) >= 11 is 0. The molecule has 0 fully saturated rings. The van der Waals surface area contributed by atoms with Crippen LogP contribution < -0.4 is 10.6 Å². The van der Waals surface area contributed by atoms with Crippen LogP contribution in [0.25, 0.3) is 11.3 Å². The van der Waals surface area contributed by atoms with Gasteiger partial charge in [0.1, 0.15) is 0 Å². The maximum absolute atomic E-state index is 11.9. The van der Waals surface area contributed by atoms with Crippen molar-refractivity contribution in [1.82, 2.24) is 15.6 Å². The Morgan fingerprint density at radius 3 is 2.30 bits per heavy atom. The zero-order valence-corrected chi connectivity index (χ0v) is 14.9. The molecule has 138 valence electrons. The van der Waals surface area contributed by atoms with E-state index in [1.54, 1.807) is 18.3 Å². The molecule has 2 amide bonds. The predicted molar refractivity (Wildman–Crippen MR) is 102 cm³/mol. The number of nitrogens with zero attached hydrogens (tertiary/aromatic N) is 1. The van der Waals surface area contributed by atoms with Gasteiger partial charge in [-0.2, -0.15) is 0 Å². The number of aromatic nitrogens is 1. The minimum Gasteiger partial charge on any atom is -0.441 e. The molecule has 3 aromatic rings. The van der Waals surface area contributed by atoms with Crippen molar-refractivity contribution in [2.45, 2.75) is 12.8 Å². The highest BCUT2D eigenvalue weighted by Gasteiger charge is 2.09. The quantitative estimate of drug-likeness (QED) is 0.603. The second-order valence-corrected chi connectivity index (χ2v) is 5.96. The minimum atomic E-state index is -0.155. The molecule has 0 spiro atoms. The Labute approximate surface area is 157 Å². The third-order valence-electron chi connectivity index (χ3n) is 3.95. The van der Waals surface area contributed by atoms with E-state index in [0.29, 0.717) is 36.7 Å². The summed E-state index contributed by atoms with van der Waals surface area (Å²) in [5.41, 5.74) is 1.55. The smallest absolute Gasteiger partial charge is 0.251 e. The van der Waals surface area contributed by atoms with Gasteiger partial charge in [0.05, 0.1) is 6.20 Å². The Morgan fingerprint density at radius 2 is 1.56 bits per heavy atom. The lowest BCUT2D eigenvalue weighted by molar-refractivity contribution is -0.121. The zero-order valence-electron chi connectivity index (χ0n) is 14.9. The first-order chi connectivity index (χ1) is 13.2. The molecule has 6 nitrogen and oxygen atoms in total. The van der Waals surface area contributed by atoms with Crippen LogP contribution in [0.1, 0.15) is 22.7 Å². The average molecular weight is 363 g/mol. The van der Waals surface area contributed by atoms with Gasteiger partial charge >= 0.3 is 0 Å². The van der Waals surface area contributed by atoms with Crippen molar-refractivity contribution in [3.05, 3.63) is 78.3 Å². The summed E-state index contributed by atoms with van der Waals surface area (Å²) in [6.45, 7) is 0.745. The van der Waals surface area contributed by atoms with Crippen LogP contribution in [0.3, 0.4) is 0 Å².